The maximum Gasteiger partial charge on any atom is 0.123 e. The molecule has 1 atom stereocenters. The monoisotopic (exact) mass is 265 g/mol. The Bertz CT molecular complexity index is 495. The minimum Gasteiger partial charge on any atom is -0.305 e. The van der Waals surface area contributed by atoms with Crippen LogP contribution in [0.15, 0.2) is 24.3 Å². The lowest BCUT2D eigenvalue weighted by Crippen LogP contribution is -2.23. The molecule has 3 nitrogen and oxygen atoms in total. The molecule has 1 aromatic heterocycles. The van der Waals surface area contributed by atoms with Gasteiger partial charge in [0.1, 0.15) is 5.82 Å². The van der Waals surface area contributed by atoms with E-state index in [2.05, 4.69) is 21.8 Å². The second-order valence-corrected chi connectivity index (χ2v) is 4.95. The molecule has 2 rings (SSSR count). The van der Waals surface area contributed by atoms with Crippen molar-refractivity contribution < 1.29 is 4.39 Å². The summed E-state index contributed by atoms with van der Waals surface area (Å²) in [4.78, 5) is 1.09. The Balaban J connectivity index is 2.30. The molecular formula is C13H16FN3S. The molecule has 1 N–H and O–H groups in total. The Hall–Kier alpha value is -1.33. The van der Waals surface area contributed by atoms with Crippen LogP contribution in [-0.2, 0) is 0 Å². The van der Waals surface area contributed by atoms with E-state index >= 15 is 0 Å². The molecule has 5 heteroatoms. The first kappa shape index (κ1) is 13.1. The SMILES string of the molecule is CCCNC(c1ccc(F)cc1)c1snnc1C. The molecule has 18 heavy (non-hydrogen) atoms. The third-order valence-corrected chi connectivity index (χ3v) is 3.64. The molecule has 1 heterocycles. The number of benzene rings is 1. The largest absolute Gasteiger partial charge is 0.305 e. The number of nitrogens with zero attached hydrogens (tertiary/aromatic N) is 2. The molecule has 0 aliphatic heterocycles. The number of halogens is 1. The summed E-state index contributed by atoms with van der Waals surface area (Å²) in [5, 5.41) is 7.50. The molecule has 0 spiro atoms. The lowest BCUT2D eigenvalue weighted by molar-refractivity contribution is 0.596. The number of nitrogens with one attached hydrogen (secondary N) is 1. The topological polar surface area (TPSA) is 37.8 Å². The Morgan fingerprint density at radius 2 is 2.06 bits per heavy atom. The third kappa shape index (κ3) is 2.91. The van der Waals surface area contributed by atoms with Crippen molar-refractivity contribution in [1.82, 2.24) is 14.9 Å². The van der Waals surface area contributed by atoms with E-state index in [1.807, 2.05) is 19.1 Å². The highest BCUT2D eigenvalue weighted by atomic mass is 32.1. The van der Waals surface area contributed by atoms with Crippen LogP contribution in [0.1, 0.15) is 35.5 Å². The minimum atomic E-state index is -0.216. The van der Waals surface area contributed by atoms with E-state index in [0.29, 0.717) is 0 Å². The maximum absolute atomic E-state index is 13.0. The Kier molecular flexibility index (Phi) is 4.38. The predicted octanol–water partition coefficient (Wildman–Crippen LogP) is 3.07. The van der Waals surface area contributed by atoms with Gasteiger partial charge in [-0.05, 0) is 49.1 Å². The highest BCUT2D eigenvalue weighted by Gasteiger charge is 2.18. The summed E-state index contributed by atoms with van der Waals surface area (Å²) in [6, 6.07) is 6.63. The highest BCUT2D eigenvalue weighted by Crippen LogP contribution is 2.26. The molecule has 0 fully saturated rings. The molecule has 0 amide bonds. The van der Waals surface area contributed by atoms with Crippen molar-refractivity contribution in [2.45, 2.75) is 26.3 Å². The van der Waals surface area contributed by atoms with Crippen molar-refractivity contribution in [2.24, 2.45) is 0 Å². The fourth-order valence-electron chi connectivity index (χ4n) is 1.81. The van der Waals surface area contributed by atoms with Gasteiger partial charge in [-0.3, -0.25) is 0 Å². The van der Waals surface area contributed by atoms with Gasteiger partial charge in [0, 0.05) is 0 Å². The van der Waals surface area contributed by atoms with Crippen molar-refractivity contribution >= 4 is 11.5 Å². The van der Waals surface area contributed by atoms with Gasteiger partial charge in [-0.25, -0.2) is 4.39 Å². The molecule has 1 unspecified atom stereocenters. The molecule has 0 saturated carbocycles. The van der Waals surface area contributed by atoms with E-state index in [4.69, 9.17) is 0 Å². The van der Waals surface area contributed by atoms with E-state index in [1.54, 1.807) is 0 Å². The normalized spacial score (nSPS) is 12.6. The smallest absolute Gasteiger partial charge is 0.123 e. The van der Waals surface area contributed by atoms with Crippen molar-refractivity contribution in [3.63, 3.8) is 0 Å². The first-order valence-corrected chi connectivity index (χ1v) is 6.77. The number of aromatic nitrogens is 2. The number of rotatable bonds is 5. The van der Waals surface area contributed by atoms with E-state index < -0.39 is 0 Å². The van der Waals surface area contributed by atoms with E-state index in [-0.39, 0.29) is 11.9 Å². The number of hydrogen-bond donors (Lipinski definition) is 1. The molecule has 0 saturated heterocycles. The van der Waals surface area contributed by atoms with Crippen molar-refractivity contribution in [1.29, 1.82) is 0 Å². The molecule has 0 aliphatic rings. The van der Waals surface area contributed by atoms with Gasteiger partial charge in [-0.1, -0.05) is 23.5 Å². The molecule has 0 radical (unpaired) electrons. The van der Waals surface area contributed by atoms with Crippen LogP contribution >= 0.6 is 11.5 Å². The number of aryl methyl sites for hydroxylation is 1. The van der Waals surface area contributed by atoms with Gasteiger partial charge in [-0.2, -0.15) is 0 Å². The van der Waals surface area contributed by atoms with Gasteiger partial charge in [0.2, 0.25) is 0 Å². The van der Waals surface area contributed by atoms with Crippen LogP contribution in [0.4, 0.5) is 4.39 Å². The average molecular weight is 265 g/mol. The summed E-state index contributed by atoms with van der Waals surface area (Å²) in [7, 11) is 0. The van der Waals surface area contributed by atoms with Crippen LogP contribution in [0, 0.1) is 12.7 Å². The lowest BCUT2D eigenvalue weighted by atomic mass is 10.0. The summed E-state index contributed by atoms with van der Waals surface area (Å²) < 4.78 is 17.0. The van der Waals surface area contributed by atoms with Crippen LogP contribution in [0.5, 0.6) is 0 Å². The average Bonchev–Trinajstić information content (AvgIpc) is 2.78. The van der Waals surface area contributed by atoms with Crippen LogP contribution in [-0.4, -0.2) is 16.1 Å². The van der Waals surface area contributed by atoms with Gasteiger partial charge in [-0.15, -0.1) is 5.10 Å². The number of hydrogen-bond acceptors (Lipinski definition) is 4. The Labute approximate surface area is 110 Å². The molecule has 0 bridgehead atoms. The standard InChI is InChI=1S/C13H16FN3S/c1-3-8-15-12(13-9(2)16-17-18-13)10-4-6-11(14)7-5-10/h4-7,12,15H,3,8H2,1-2H3. The van der Waals surface area contributed by atoms with Gasteiger partial charge in [0.15, 0.2) is 0 Å². The fraction of sp³-hybridized carbons (Fsp3) is 0.385. The zero-order chi connectivity index (χ0) is 13.0. The van der Waals surface area contributed by atoms with Crippen molar-refractivity contribution in [2.75, 3.05) is 6.54 Å². The second-order valence-electron chi connectivity index (χ2n) is 4.16. The van der Waals surface area contributed by atoms with Gasteiger partial charge < -0.3 is 5.32 Å². The van der Waals surface area contributed by atoms with E-state index in [1.165, 1.54) is 23.7 Å². The van der Waals surface area contributed by atoms with Crippen molar-refractivity contribution in [3.05, 3.63) is 46.2 Å². The Morgan fingerprint density at radius 1 is 1.33 bits per heavy atom. The summed E-state index contributed by atoms with van der Waals surface area (Å²) in [5.74, 6) is -0.216. The van der Waals surface area contributed by atoms with Gasteiger partial charge in [0.25, 0.3) is 0 Å². The fourth-order valence-corrected chi connectivity index (χ4v) is 2.56. The van der Waals surface area contributed by atoms with Crippen LogP contribution < -0.4 is 5.32 Å². The molecular weight excluding hydrogens is 249 g/mol. The zero-order valence-electron chi connectivity index (χ0n) is 10.5. The third-order valence-electron chi connectivity index (χ3n) is 2.75. The van der Waals surface area contributed by atoms with E-state index in [9.17, 15) is 4.39 Å². The van der Waals surface area contributed by atoms with Gasteiger partial charge in [0.05, 0.1) is 16.6 Å². The molecule has 96 valence electrons. The zero-order valence-corrected chi connectivity index (χ0v) is 11.3. The summed E-state index contributed by atoms with van der Waals surface area (Å²) in [6.45, 7) is 4.97. The minimum absolute atomic E-state index is 0.0468. The predicted molar refractivity (Wildman–Crippen MR) is 71.2 cm³/mol. The Morgan fingerprint density at radius 3 is 2.61 bits per heavy atom. The van der Waals surface area contributed by atoms with Crippen molar-refractivity contribution in [3.8, 4) is 0 Å². The molecule has 1 aromatic carbocycles. The maximum atomic E-state index is 13.0. The van der Waals surface area contributed by atoms with E-state index in [0.717, 1.165) is 29.1 Å². The molecule has 0 aliphatic carbocycles. The first-order valence-electron chi connectivity index (χ1n) is 6.00. The first-order chi connectivity index (χ1) is 8.72. The summed E-state index contributed by atoms with van der Waals surface area (Å²) >= 11 is 1.39. The van der Waals surface area contributed by atoms with Crippen LogP contribution in [0.3, 0.4) is 0 Å². The highest BCUT2D eigenvalue weighted by molar-refractivity contribution is 7.05. The van der Waals surface area contributed by atoms with Crippen LogP contribution in [0.2, 0.25) is 0 Å². The summed E-state index contributed by atoms with van der Waals surface area (Å²) in [6.07, 6.45) is 1.04. The van der Waals surface area contributed by atoms with Gasteiger partial charge >= 0.3 is 0 Å². The second kappa shape index (κ2) is 6.02. The summed E-state index contributed by atoms with van der Waals surface area (Å²) in [5.41, 5.74) is 1.97. The van der Waals surface area contributed by atoms with Crippen LogP contribution in [0.25, 0.3) is 0 Å². The molecule has 2 aromatic rings. The quantitative estimate of drug-likeness (QED) is 0.902. The lowest BCUT2D eigenvalue weighted by Gasteiger charge is -2.17.